The second kappa shape index (κ2) is 4.82. The SMILES string of the molecule is NC1(CNc2ncnc3sccc23)CCCCC1. The van der Waals surface area contributed by atoms with Gasteiger partial charge in [-0.2, -0.15) is 0 Å². The van der Waals surface area contributed by atoms with Crippen molar-refractivity contribution in [3.63, 3.8) is 0 Å². The third-order valence-electron chi connectivity index (χ3n) is 3.72. The van der Waals surface area contributed by atoms with Gasteiger partial charge < -0.3 is 11.1 Å². The van der Waals surface area contributed by atoms with Crippen molar-refractivity contribution < 1.29 is 0 Å². The van der Waals surface area contributed by atoms with Crippen molar-refractivity contribution in [1.82, 2.24) is 9.97 Å². The Morgan fingerprint density at radius 2 is 2.11 bits per heavy atom. The summed E-state index contributed by atoms with van der Waals surface area (Å²) in [6.07, 6.45) is 7.65. The van der Waals surface area contributed by atoms with E-state index in [1.807, 2.05) is 5.38 Å². The van der Waals surface area contributed by atoms with E-state index < -0.39 is 0 Å². The Kier molecular flexibility index (Phi) is 3.18. The first-order chi connectivity index (χ1) is 8.77. The smallest absolute Gasteiger partial charge is 0.138 e. The molecule has 0 aliphatic heterocycles. The summed E-state index contributed by atoms with van der Waals surface area (Å²) in [5.74, 6) is 0.914. The Labute approximate surface area is 111 Å². The minimum absolute atomic E-state index is 0.0639. The Bertz CT molecular complexity index is 531. The summed E-state index contributed by atoms with van der Waals surface area (Å²) in [5, 5.41) is 6.56. The van der Waals surface area contributed by atoms with Gasteiger partial charge in [0.2, 0.25) is 0 Å². The molecule has 0 spiro atoms. The molecule has 2 aromatic heterocycles. The number of hydrogen-bond acceptors (Lipinski definition) is 5. The predicted molar refractivity (Wildman–Crippen MR) is 75.9 cm³/mol. The molecule has 4 nitrogen and oxygen atoms in total. The van der Waals surface area contributed by atoms with E-state index in [1.54, 1.807) is 17.7 Å². The van der Waals surface area contributed by atoms with Crippen LogP contribution in [0.15, 0.2) is 17.8 Å². The van der Waals surface area contributed by atoms with Gasteiger partial charge in [0, 0.05) is 12.1 Å². The van der Waals surface area contributed by atoms with Crippen LogP contribution in [0.25, 0.3) is 10.2 Å². The van der Waals surface area contributed by atoms with Gasteiger partial charge in [-0.1, -0.05) is 19.3 Å². The number of rotatable bonds is 3. The molecule has 1 aliphatic rings. The quantitative estimate of drug-likeness (QED) is 0.892. The Morgan fingerprint density at radius 1 is 1.28 bits per heavy atom. The minimum Gasteiger partial charge on any atom is -0.368 e. The number of nitrogens with two attached hydrogens (primary N) is 1. The zero-order chi connectivity index (χ0) is 12.4. The highest BCUT2D eigenvalue weighted by Crippen LogP contribution is 2.28. The molecule has 3 rings (SSSR count). The lowest BCUT2D eigenvalue weighted by Crippen LogP contribution is -2.47. The summed E-state index contributed by atoms with van der Waals surface area (Å²) in [6, 6.07) is 2.06. The van der Waals surface area contributed by atoms with Gasteiger partial charge in [-0.15, -0.1) is 11.3 Å². The van der Waals surface area contributed by atoms with Crippen molar-refractivity contribution in [3.8, 4) is 0 Å². The molecule has 18 heavy (non-hydrogen) atoms. The van der Waals surface area contributed by atoms with Crippen LogP contribution in [0.3, 0.4) is 0 Å². The molecule has 1 fully saturated rings. The lowest BCUT2D eigenvalue weighted by atomic mass is 9.82. The molecule has 0 radical (unpaired) electrons. The fourth-order valence-electron chi connectivity index (χ4n) is 2.62. The monoisotopic (exact) mass is 262 g/mol. The highest BCUT2D eigenvalue weighted by Gasteiger charge is 2.27. The Morgan fingerprint density at radius 3 is 2.94 bits per heavy atom. The molecule has 0 unspecified atom stereocenters. The van der Waals surface area contributed by atoms with Crippen LogP contribution < -0.4 is 11.1 Å². The molecule has 96 valence electrons. The van der Waals surface area contributed by atoms with Crippen LogP contribution >= 0.6 is 11.3 Å². The fraction of sp³-hybridized carbons (Fsp3) is 0.538. The summed E-state index contributed by atoms with van der Waals surface area (Å²) in [4.78, 5) is 9.60. The van der Waals surface area contributed by atoms with E-state index in [2.05, 4.69) is 21.4 Å². The topological polar surface area (TPSA) is 63.8 Å². The van der Waals surface area contributed by atoms with Crippen molar-refractivity contribution in [2.24, 2.45) is 5.73 Å². The number of nitrogens with one attached hydrogen (secondary N) is 1. The number of nitrogens with zero attached hydrogens (tertiary/aromatic N) is 2. The van der Waals surface area contributed by atoms with Gasteiger partial charge in [0.05, 0.1) is 5.39 Å². The Hall–Kier alpha value is -1.20. The molecule has 0 aromatic carbocycles. The van der Waals surface area contributed by atoms with Gasteiger partial charge in [0.15, 0.2) is 0 Å². The molecule has 0 saturated heterocycles. The van der Waals surface area contributed by atoms with E-state index in [4.69, 9.17) is 5.73 Å². The molecule has 1 saturated carbocycles. The van der Waals surface area contributed by atoms with Crippen LogP contribution in [0.4, 0.5) is 5.82 Å². The third kappa shape index (κ3) is 2.33. The van der Waals surface area contributed by atoms with Crippen LogP contribution in [0, 0.1) is 0 Å². The molecule has 5 heteroatoms. The first-order valence-corrected chi connectivity index (χ1v) is 7.36. The zero-order valence-electron chi connectivity index (χ0n) is 10.4. The third-order valence-corrected chi connectivity index (χ3v) is 4.54. The first kappa shape index (κ1) is 11.9. The maximum Gasteiger partial charge on any atom is 0.138 e. The molecular formula is C13H18N4S. The average Bonchev–Trinajstić information content (AvgIpc) is 2.86. The Balaban J connectivity index is 1.74. The maximum atomic E-state index is 6.42. The number of aromatic nitrogens is 2. The molecule has 1 aliphatic carbocycles. The van der Waals surface area contributed by atoms with Crippen molar-refractivity contribution in [1.29, 1.82) is 0 Å². The van der Waals surface area contributed by atoms with Crippen molar-refractivity contribution >= 4 is 27.4 Å². The largest absolute Gasteiger partial charge is 0.368 e. The van der Waals surface area contributed by atoms with Crippen molar-refractivity contribution in [3.05, 3.63) is 17.8 Å². The molecule has 3 N–H and O–H groups in total. The standard InChI is InChI=1S/C13H18N4S/c14-13(5-2-1-3-6-13)8-15-11-10-4-7-18-12(10)17-9-16-11/h4,7,9H,1-3,5-6,8,14H2,(H,15,16,17). The van der Waals surface area contributed by atoms with E-state index in [1.165, 1.54) is 19.3 Å². The summed E-state index contributed by atoms with van der Waals surface area (Å²) in [5.41, 5.74) is 6.36. The molecule has 0 bridgehead atoms. The molecule has 0 amide bonds. The molecule has 2 aromatic rings. The highest BCUT2D eigenvalue weighted by molar-refractivity contribution is 7.16. The lowest BCUT2D eigenvalue weighted by molar-refractivity contribution is 0.311. The van der Waals surface area contributed by atoms with Gasteiger partial charge in [-0.3, -0.25) is 0 Å². The van der Waals surface area contributed by atoms with E-state index >= 15 is 0 Å². The summed E-state index contributed by atoms with van der Waals surface area (Å²) < 4.78 is 0. The predicted octanol–water partition coefficient (Wildman–Crippen LogP) is 2.76. The second-order valence-corrected chi connectivity index (χ2v) is 6.03. The van der Waals surface area contributed by atoms with Crippen LogP contribution in [-0.4, -0.2) is 22.1 Å². The van der Waals surface area contributed by atoms with Crippen LogP contribution in [0.2, 0.25) is 0 Å². The lowest BCUT2D eigenvalue weighted by Gasteiger charge is -2.33. The van der Waals surface area contributed by atoms with Gasteiger partial charge in [-0.25, -0.2) is 9.97 Å². The summed E-state index contributed by atoms with van der Waals surface area (Å²) in [6.45, 7) is 0.801. The van der Waals surface area contributed by atoms with Gasteiger partial charge in [0.25, 0.3) is 0 Å². The van der Waals surface area contributed by atoms with Gasteiger partial charge >= 0.3 is 0 Å². The summed E-state index contributed by atoms with van der Waals surface area (Å²) in [7, 11) is 0. The number of hydrogen-bond donors (Lipinski definition) is 2. The highest BCUT2D eigenvalue weighted by atomic mass is 32.1. The molecular weight excluding hydrogens is 244 g/mol. The molecule has 0 atom stereocenters. The van der Waals surface area contributed by atoms with E-state index in [-0.39, 0.29) is 5.54 Å². The number of thiophene rings is 1. The van der Waals surface area contributed by atoms with Crippen molar-refractivity contribution in [2.45, 2.75) is 37.6 Å². The number of fused-ring (bicyclic) bond motifs is 1. The van der Waals surface area contributed by atoms with Gasteiger partial charge in [-0.05, 0) is 24.3 Å². The normalized spacial score (nSPS) is 18.9. The molecule has 2 heterocycles. The summed E-state index contributed by atoms with van der Waals surface area (Å²) >= 11 is 1.64. The fourth-order valence-corrected chi connectivity index (χ4v) is 3.36. The van der Waals surface area contributed by atoms with Crippen LogP contribution in [-0.2, 0) is 0 Å². The van der Waals surface area contributed by atoms with E-state index in [9.17, 15) is 0 Å². The average molecular weight is 262 g/mol. The van der Waals surface area contributed by atoms with Crippen LogP contribution in [0.5, 0.6) is 0 Å². The van der Waals surface area contributed by atoms with Gasteiger partial charge in [0.1, 0.15) is 17.0 Å². The second-order valence-electron chi connectivity index (χ2n) is 5.14. The number of anilines is 1. The zero-order valence-corrected chi connectivity index (χ0v) is 11.2. The first-order valence-electron chi connectivity index (χ1n) is 6.48. The van der Waals surface area contributed by atoms with E-state index in [0.717, 1.165) is 35.4 Å². The maximum absolute atomic E-state index is 6.42. The van der Waals surface area contributed by atoms with Crippen LogP contribution in [0.1, 0.15) is 32.1 Å². The van der Waals surface area contributed by atoms with Crippen molar-refractivity contribution in [2.75, 3.05) is 11.9 Å². The minimum atomic E-state index is -0.0639. The van der Waals surface area contributed by atoms with E-state index in [0.29, 0.717) is 0 Å².